The number of halogens is 3. The third kappa shape index (κ3) is 5.24. The minimum Gasteiger partial charge on any atom is -0.495 e. The first-order valence-corrected chi connectivity index (χ1v) is 13.6. The predicted octanol–water partition coefficient (Wildman–Crippen LogP) is 5.32. The largest absolute Gasteiger partial charge is 0.495 e. The van der Waals surface area contributed by atoms with Gasteiger partial charge in [-0.25, -0.2) is 13.4 Å². The highest BCUT2D eigenvalue weighted by atomic mass is 79.9. The molecular formula is C21H20BrCl2N3O3S2. The van der Waals surface area contributed by atoms with Crippen LogP contribution in [0.15, 0.2) is 51.1 Å². The molecule has 1 aliphatic heterocycles. The SMILES string of the molecule is COc1ccc(Br)cc1S(=O)(=O)N1CCN(c2nc(Cc3cc(Cl)cc(Cl)c3)cs2)CC1. The molecule has 2 aromatic carbocycles. The second-order valence-electron chi connectivity index (χ2n) is 7.26. The smallest absolute Gasteiger partial charge is 0.246 e. The number of nitrogens with zero attached hydrogens (tertiary/aromatic N) is 3. The van der Waals surface area contributed by atoms with E-state index >= 15 is 0 Å². The maximum Gasteiger partial charge on any atom is 0.246 e. The molecule has 0 radical (unpaired) electrons. The van der Waals surface area contributed by atoms with Crippen molar-refractivity contribution in [2.24, 2.45) is 0 Å². The van der Waals surface area contributed by atoms with Crippen LogP contribution in [0.4, 0.5) is 5.13 Å². The second-order valence-corrected chi connectivity index (χ2v) is 11.8. The molecule has 4 rings (SSSR count). The minimum absolute atomic E-state index is 0.166. The standard InChI is InChI=1S/C21H20BrCl2N3O3S2/c1-30-19-3-2-15(22)11-20(19)32(28,29)27-6-4-26(5-7-27)21-25-18(13-31-21)10-14-8-16(23)12-17(24)9-14/h2-3,8-9,11-13H,4-7,10H2,1H3. The van der Waals surface area contributed by atoms with Crippen LogP contribution in [0.5, 0.6) is 5.75 Å². The molecule has 3 aromatic rings. The zero-order valence-electron chi connectivity index (χ0n) is 17.1. The Hall–Kier alpha value is -1.36. The van der Waals surface area contributed by atoms with Gasteiger partial charge in [0.05, 0.1) is 12.8 Å². The summed E-state index contributed by atoms with van der Waals surface area (Å²) in [6, 6.07) is 10.5. The maximum atomic E-state index is 13.2. The number of ether oxygens (including phenoxy) is 1. The number of sulfonamides is 1. The highest BCUT2D eigenvalue weighted by Gasteiger charge is 2.31. The van der Waals surface area contributed by atoms with Gasteiger partial charge < -0.3 is 9.64 Å². The Bertz CT molecular complexity index is 1210. The summed E-state index contributed by atoms with van der Waals surface area (Å²) in [6.07, 6.45) is 0.633. The van der Waals surface area contributed by atoms with Crippen LogP contribution < -0.4 is 9.64 Å². The normalized spacial score (nSPS) is 15.2. The Labute approximate surface area is 209 Å². The molecule has 0 spiro atoms. The molecule has 0 N–H and O–H groups in total. The maximum absolute atomic E-state index is 13.2. The summed E-state index contributed by atoms with van der Waals surface area (Å²) >= 11 is 17.1. The molecule has 11 heteroatoms. The van der Waals surface area contributed by atoms with Gasteiger partial charge in [0, 0.05) is 52.5 Å². The fourth-order valence-corrected chi connectivity index (χ4v) is 7.12. The van der Waals surface area contributed by atoms with Crippen molar-refractivity contribution in [2.45, 2.75) is 11.3 Å². The van der Waals surface area contributed by atoms with Crippen LogP contribution in [0.25, 0.3) is 0 Å². The van der Waals surface area contributed by atoms with Crippen molar-refractivity contribution in [1.29, 1.82) is 0 Å². The van der Waals surface area contributed by atoms with E-state index in [9.17, 15) is 8.42 Å². The lowest BCUT2D eigenvalue weighted by Crippen LogP contribution is -2.48. The first-order valence-electron chi connectivity index (χ1n) is 9.74. The van der Waals surface area contributed by atoms with Crippen molar-refractivity contribution >= 4 is 65.6 Å². The summed E-state index contributed by atoms with van der Waals surface area (Å²) in [6.45, 7) is 1.87. The van der Waals surface area contributed by atoms with Crippen molar-refractivity contribution in [3.8, 4) is 5.75 Å². The van der Waals surface area contributed by atoms with Crippen molar-refractivity contribution in [2.75, 3.05) is 38.2 Å². The average Bonchev–Trinajstić information content (AvgIpc) is 3.21. The predicted molar refractivity (Wildman–Crippen MR) is 133 cm³/mol. The molecule has 1 aromatic heterocycles. The lowest BCUT2D eigenvalue weighted by atomic mass is 10.1. The topological polar surface area (TPSA) is 62.7 Å². The molecule has 1 aliphatic rings. The molecule has 0 bridgehead atoms. The van der Waals surface area contributed by atoms with Gasteiger partial charge in [-0.2, -0.15) is 4.31 Å². The van der Waals surface area contributed by atoms with Gasteiger partial charge >= 0.3 is 0 Å². The van der Waals surface area contributed by atoms with Crippen molar-refractivity contribution in [1.82, 2.24) is 9.29 Å². The molecule has 0 saturated carbocycles. The lowest BCUT2D eigenvalue weighted by molar-refractivity contribution is 0.374. The van der Waals surface area contributed by atoms with E-state index in [0.29, 0.717) is 52.9 Å². The molecule has 170 valence electrons. The number of hydrogen-bond donors (Lipinski definition) is 0. The summed E-state index contributed by atoms with van der Waals surface area (Å²) in [5.41, 5.74) is 1.93. The first kappa shape index (κ1) is 23.8. The molecule has 32 heavy (non-hydrogen) atoms. The summed E-state index contributed by atoms with van der Waals surface area (Å²) in [4.78, 5) is 7.02. The van der Waals surface area contributed by atoms with E-state index in [2.05, 4.69) is 20.8 Å². The Balaban J connectivity index is 1.44. The molecule has 1 fully saturated rings. The fraction of sp³-hybridized carbons (Fsp3) is 0.286. The van der Waals surface area contributed by atoms with E-state index in [-0.39, 0.29) is 4.90 Å². The average molecular weight is 577 g/mol. The van der Waals surface area contributed by atoms with Gasteiger partial charge in [0.15, 0.2) is 5.13 Å². The van der Waals surface area contributed by atoms with Crippen molar-refractivity contribution < 1.29 is 13.2 Å². The van der Waals surface area contributed by atoms with Gasteiger partial charge in [0.1, 0.15) is 10.6 Å². The van der Waals surface area contributed by atoms with Crippen LogP contribution in [0.3, 0.4) is 0 Å². The number of piperazine rings is 1. The number of methoxy groups -OCH3 is 1. The minimum atomic E-state index is -3.67. The monoisotopic (exact) mass is 575 g/mol. The van der Waals surface area contributed by atoms with Crippen LogP contribution in [-0.2, 0) is 16.4 Å². The molecule has 0 unspecified atom stereocenters. The molecule has 2 heterocycles. The van der Waals surface area contributed by atoms with Crippen LogP contribution >= 0.6 is 50.5 Å². The zero-order chi connectivity index (χ0) is 22.9. The summed E-state index contributed by atoms with van der Waals surface area (Å²) in [5.74, 6) is 0.335. The fourth-order valence-electron chi connectivity index (χ4n) is 3.56. The van der Waals surface area contributed by atoms with Gasteiger partial charge in [-0.3, -0.25) is 0 Å². The van der Waals surface area contributed by atoms with E-state index in [1.54, 1.807) is 35.6 Å². The Morgan fingerprint density at radius 2 is 1.78 bits per heavy atom. The molecular weight excluding hydrogens is 557 g/mol. The highest BCUT2D eigenvalue weighted by molar-refractivity contribution is 9.10. The van der Waals surface area contributed by atoms with Crippen LogP contribution in [0.2, 0.25) is 10.0 Å². The van der Waals surface area contributed by atoms with Gasteiger partial charge in [0.25, 0.3) is 0 Å². The third-order valence-electron chi connectivity index (χ3n) is 5.10. The van der Waals surface area contributed by atoms with E-state index in [1.165, 1.54) is 11.4 Å². The quantitative estimate of drug-likeness (QED) is 0.397. The van der Waals surface area contributed by atoms with E-state index in [0.717, 1.165) is 16.4 Å². The summed E-state index contributed by atoms with van der Waals surface area (Å²) in [7, 11) is -2.20. The molecule has 6 nitrogen and oxygen atoms in total. The van der Waals surface area contributed by atoms with Gasteiger partial charge in [-0.05, 0) is 42.0 Å². The second kappa shape index (κ2) is 9.87. The van der Waals surface area contributed by atoms with Crippen LogP contribution in [-0.4, -0.2) is 51.0 Å². The molecule has 1 saturated heterocycles. The first-order chi connectivity index (χ1) is 15.3. The number of thiazole rings is 1. The van der Waals surface area contributed by atoms with Gasteiger partial charge in [-0.1, -0.05) is 39.1 Å². The van der Waals surface area contributed by atoms with E-state index in [1.807, 2.05) is 17.5 Å². The Morgan fingerprint density at radius 1 is 1.09 bits per heavy atom. The molecule has 0 aliphatic carbocycles. The van der Waals surface area contributed by atoms with Crippen LogP contribution in [0.1, 0.15) is 11.3 Å². The number of aromatic nitrogens is 1. The third-order valence-corrected chi connectivity index (χ3v) is 8.90. The number of benzene rings is 2. The number of hydrogen-bond acceptors (Lipinski definition) is 6. The Morgan fingerprint density at radius 3 is 2.44 bits per heavy atom. The molecule has 0 atom stereocenters. The summed E-state index contributed by atoms with van der Waals surface area (Å²) < 4.78 is 33.8. The van der Waals surface area contributed by atoms with Gasteiger partial charge in [-0.15, -0.1) is 11.3 Å². The number of rotatable bonds is 6. The number of anilines is 1. The van der Waals surface area contributed by atoms with Gasteiger partial charge in [0.2, 0.25) is 10.0 Å². The summed E-state index contributed by atoms with van der Waals surface area (Å²) in [5, 5.41) is 4.09. The van der Waals surface area contributed by atoms with Crippen molar-refractivity contribution in [3.05, 3.63) is 67.6 Å². The van der Waals surface area contributed by atoms with Crippen molar-refractivity contribution in [3.63, 3.8) is 0 Å². The van der Waals surface area contributed by atoms with E-state index in [4.69, 9.17) is 32.9 Å². The highest BCUT2D eigenvalue weighted by Crippen LogP contribution is 2.31. The Kier molecular flexibility index (Phi) is 7.33. The zero-order valence-corrected chi connectivity index (χ0v) is 21.8. The molecule has 0 amide bonds. The lowest BCUT2D eigenvalue weighted by Gasteiger charge is -2.34. The van der Waals surface area contributed by atoms with E-state index < -0.39 is 10.0 Å². The van der Waals surface area contributed by atoms with Crippen LogP contribution in [0, 0.1) is 0 Å².